The summed E-state index contributed by atoms with van der Waals surface area (Å²) >= 11 is 1.97. The molecule has 1 aliphatic heterocycles. The van der Waals surface area contributed by atoms with Crippen LogP contribution in [-0.4, -0.2) is 41.9 Å². The quantitative estimate of drug-likeness (QED) is 0.824. The van der Waals surface area contributed by atoms with E-state index in [9.17, 15) is 4.79 Å². The molecule has 0 unspecified atom stereocenters. The van der Waals surface area contributed by atoms with Gasteiger partial charge in [-0.1, -0.05) is 0 Å². The highest BCUT2D eigenvalue weighted by molar-refractivity contribution is 7.99. The average molecular weight is 332 g/mol. The predicted octanol–water partition coefficient (Wildman–Crippen LogP) is 2.79. The van der Waals surface area contributed by atoms with Crippen LogP contribution in [0.15, 0.2) is 52.1 Å². The van der Waals surface area contributed by atoms with Crippen LogP contribution in [0.25, 0.3) is 6.08 Å². The van der Waals surface area contributed by atoms with Crippen LogP contribution in [0.3, 0.4) is 0 Å². The van der Waals surface area contributed by atoms with Gasteiger partial charge in [-0.05, 0) is 18.2 Å². The number of nitrogens with zero attached hydrogens (tertiary/aromatic N) is 1. The maximum atomic E-state index is 12.0. The van der Waals surface area contributed by atoms with Gasteiger partial charge in [0.05, 0.1) is 31.1 Å². The van der Waals surface area contributed by atoms with Crippen LogP contribution in [-0.2, 0) is 4.79 Å². The lowest BCUT2D eigenvalue weighted by molar-refractivity contribution is -0.116. The summed E-state index contributed by atoms with van der Waals surface area (Å²) in [7, 11) is 0. The Labute approximate surface area is 139 Å². The maximum Gasteiger partial charge on any atom is 0.244 e. The molecule has 1 amide bonds. The second-order valence-electron chi connectivity index (χ2n) is 5.36. The van der Waals surface area contributed by atoms with E-state index in [0.29, 0.717) is 6.54 Å². The largest absolute Gasteiger partial charge is 0.472 e. The van der Waals surface area contributed by atoms with E-state index in [1.807, 2.05) is 23.9 Å². The van der Waals surface area contributed by atoms with Crippen molar-refractivity contribution >= 4 is 23.7 Å². The van der Waals surface area contributed by atoms with Gasteiger partial charge in [-0.15, -0.1) is 0 Å². The van der Waals surface area contributed by atoms with E-state index in [1.54, 1.807) is 31.1 Å². The Bertz CT molecular complexity index is 616. The van der Waals surface area contributed by atoms with Gasteiger partial charge in [0.2, 0.25) is 5.91 Å². The van der Waals surface area contributed by atoms with Crippen LogP contribution < -0.4 is 5.32 Å². The fourth-order valence-corrected chi connectivity index (χ4v) is 3.54. The van der Waals surface area contributed by atoms with Gasteiger partial charge in [0.1, 0.15) is 0 Å². The molecule has 0 aliphatic carbocycles. The summed E-state index contributed by atoms with van der Waals surface area (Å²) in [4.78, 5) is 14.4. The van der Waals surface area contributed by atoms with Gasteiger partial charge >= 0.3 is 0 Å². The molecule has 5 nitrogen and oxygen atoms in total. The summed E-state index contributed by atoms with van der Waals surface area (Å²) in [5.41, 5.74) is 1.98. The summed E-state index contributed by atoms with van der Waals surface area (Å²) in [6.45, 7) is 2.63. The lowest BCUT2D eigenvalue weighted by atomic mass is 10.1. The first-order chi connectivity index (χ1) is 11.3. The molecular weight excluding hydrogens is 312 g/mol. The van der Waals surface area contributed by atoms with Crippen molar-refractivity contribution in [2.45, 2.75) is 6.04 Å². The molecule has 0 bridgehead atoms. The number of hydrogen-bond donors (Lipinski definition) is 1. The Kier molecular flexibility index (Phi) is 5.60. The second kappa shape index (κ2) is 8.08. The summed E-state index contributed by atoms with van der Waals surface area (Å²) in [6.07, 6.45) is 9.90. The Balaban J connectivity index is 1.58. The third kappa shape index (κ3) is 4.53. The number of nitrogens with one attached hydrogen (secondary N) is 1. The Morgan fingerprint density at radius 1 is 1.26 bits per heavy atom. The number of carbonyl (C=O) groups is 1. The molecule has 0 spiro atoms. The third-order valence-electron chi connectivity index (χ3n) is 3.85. The third-order valence-corrected chi connectivity index (χ3v) is 4.80. The lowest BCUT2D eigenvalue weighted by Crippen LogP contribution is -2.41. The Morgan fingerprint density at radius 3 is 2.74 bits per heavy atom. The van der Waals surface area contributed by atoms with Crippen LogP contribution in [0.2, 0.25) is 0 Å². The number of amides is 1. The Hall–Kier alpha value is -1.92. The second-order valence-corrected chi connectivity index (χ2v) is 6.58. The number of furan rings is 2. The Morgan fingerprint density at radius 2 is 2.04 bits per heavy atom. The van der Waals surface area contributed by atoms with Crippen molar-refractivity contribution in [2.75, 3.05) is 31.1 Å². The van der Waals surface area contributed by atoms with Gasteiger partial charge in [-0.25, -0.2) is 0 Å². The number of rotatable bonds is 6. The van der Waals surface area contributed by atoms with Crippen molar-refractivity contribution in [3.05, 3.63) is 54.4 Å². The molecule has 122 valence electrons. The molecule has 0 radical (unpaired) electrons. The van der Waals surface area contributed by atoms with Crippen LogP contribution in [0.1, 0.15) is 17.2 Å². The van der Waals surface area contributed by atoms with E-state index in [-0.39, 0.29) is 11.9 Å². The smallest absolute Gasteiger partial charge is 0.244 e. The monoisotopic (exact) mass is 332 g/mol. The first kappa shape index (κ1) is 16.0. The fraction of sp³-hybridized carbons (Fsp3) is 0.353. The summed E-state index contributed by atoms with van der Waals surface area (Å²) < 4.78 is 10.2. The zero-order chi connectivity index (χ0) is 15.9. The van der Waals surface area contributed by atoms with Crippen molar-refractivity contribution in [2.24, 2.45) is 0 Å². The zero-order valence-corrected chi connectivity index (χ0v) is 13.6. The minimum Gasteiger partial charge on any atom is -0.472 e. The summed E-state index contributed by atoms with van der Waals surface area (Å²) in [5, 5.41) is 2.98. The van der Waals surface area contributed by atoms with Crippen LogP contribution in [0.5, 0.6) is 0 Å². The molecule has 1 aliphatic rings. The molecule has 3 rings (SSSR count). The van der Waals surface area contributed by atoms with Crippen LogP contribution in [0, 0.1) is 0 Å². The first-order valence-electron chi connectivity index (χ1n) is 7.65. The van der Waals surface area contributed by atoms with Crippen molar-refractivity contribution in [1.82, 2.24) is 10.2 Å². The highest BCUT2D eigenvalue weighted by Crippen LogP contribution is 2.24. The molecule has 0 aromatic carbocycles. The molecule has 1 saturated heterocycles. The molecule has 1 fully saturated rings. The van der Waals surface area contributed by atoms with Crippen molar-refractivity contribution in [3.63, 3.8) is 0 Å². The van der Waals surface area contributed by atoms with Gasteiger partial charge in [0.25, 0.3) is 0 Å². The van der Waals surface area contributed by atoms with E-state index in [2.05, 4.69) is 10.2 Å². The minimum absolute atomic E-state index is 0.105. The van der Waals surface area contributed by atoms with Crippen molar-refractivity contribution in [1.29, 1.82) is 0 Å². The van der Waals surface area contributed by atoms with Crippen LogP contribution in [0.4, 0.5) is 0 Å². The van der Waals surface area contributed by atoms with E-state index in [0.717, 1.165) is 35.7 Å². The highest BCUT2D eigenvalue weighted by atomic mass is 32.2. The summed E-state index contributed by atoms with van der Waals surface area (Å²) in [6, 6.07) is 3.93. The molecule has 6 heteroatoms. The van der Waals surface area contributed by atoms with Gasteiger partial charge in [-0.2, -0.15) is 11.8 Å². The molecule has 2 aromatic rings. The SMILES string of the molecule is O=C(/C=C/c1ccoc1)NC[C@@H](c1ccoc1)N1CCSCC1. The number of thioether (sulfide) groups is 1. The normalized spacial score (nSPS) is 17.4. The van der Waals surface area contributed by atoms with Gasteiger partial charge < -0.3 is 14.2 Å². The standard InChI is InChI=1S/C17H20N2O3S/c20-17(2-1-14-3-7-21-12-14)18-11-16(15-4-8-22-13-15)19-5-9-23-10-6-19/h1-4,7-8,12-13,16H,5-6,9-11H2,(H,18,20)/b2-1+/t16-/m0/s1. The molecule has 23 heavy (non-hydrogen) atoms. The van der Waals surface area contributed by atoms with E-state index < -0.39 is 0 Å². The van der Waals surface area contributed by atoms with E-state index >= 15 is 0 Å². The zero-order valence-electron chi connectivity index (χ0n) is 12.8. The topological polar surface area (TPSA) is 58.6 Å². The molecule has 3 heterocycles. The average Bonchev–Trinajstić information content (AvgIpc) is 3.28. The molecule has 0 saturated carbocycles. The van der Waals surface area contributed by atoms with Gasteiger partial charge in [0.15, 0.2) is 0 Å². The molecule has 2 aromatic heterocycles. The molecule has 1 N–H and O–H groups in total. The highest BCUT2D eigenvalue weighted by Gasteiger charge is 2.23. The molecular formula is C17H20N2O3S. The predicted molar refractivity (Wildman–Crippen MR) is 91.1 cm³/mol. The minimum atomic E-state index is -0.105. The molecule has 1 atom stereocenters. The van der Waals surface area contributed by atoms with Gasteiger partial charge in [-0.3, -0.25) is 9.69 Å². The number of carbonyl (C=O) groups excluding carboxylic acids is 1. The summed E-state index contributed by atoms with van der Waals surface area (Å²) in [5.74, 6) is 2.15. The van der Waals surface area contributed by atoms with E-state index in [1.165, 1.54) is 6.08 Å². The fourth-order valence-electron chi connectivity index (χ4n) is 2.61. The number of hydrogen-bond acceptors (Lipinski definition) is 5. The van der Waals surface area contributed by atoms with E-state index in [4.69, 9.17) is 8.83 Å². The first-order valence-corrected chi connectivity index (χ1v) is 8.80. The maximum absolute atomic E-state index is 12.0. The van der Waals surface area contributed by atoms with Crippen LogP contribution >= 0.6 is 11.8 Å². The van der Waals surface area contributed by atoms with Crippen molar-refractivity contribution < 1.29 is 13.6 Å². The van der Waals surface area contributed by atoms with Crippen molar-refractivity contribution in [3.8, 4) is 0 Å². The van der Waals surface area contributed by atoms with Gasteiger partial charge in [0, 0.05) is 48.3 Å². The lowest BCUT2D eigenvalue weighted by Gasteiger charge is -2.33.